The molecule has 0 bridgehead atoms. The summed E-state index contributed by atoms with van der Waals surface area (Å²) < 4.78 is 19.1. The van der Waals surface area contributed by atoms with Gasteiger partial charge in [0.2, 0.25) is 0 Å². The molecule has 2 aromatic rings. The standard InChI is InChI=1S/C26H35FN2O/c1-17(2)22-9-20(10-24(27)11-22)14-29-26-12-23(26)7-18(3)21-6-4-5-19(8-21)13-28-25-15-30-16-25/h4-6,8-11,17-18,23,25-26,28-29H,7,12-16H2,1-3H3. The van der Waals surface area contributed by atoms with E-state index in [1.165, 1.54) is 24.0 Å². The summed E-state index contributed by atoms with van der Waals surface area (Å²) in [6, 6.07) is 15.5. The van der Waals surface area contributed by atoms with Crippen LogP contribution in [0.25, 0.3) is 0 Å². The summed E-state index contributed by atoms with van der Waals surface area (Å²) in [7, 11) is 0. The zero-order valence-corrected chi connectivity index (χ0v) is 18.5. The monoisotopic (exact) mass is 410 g/mol. The van der Waals surface area contributed by atoms with Crippen LogP contribution < -0.4 is 10.6 Å². The number of nitrogens with one attached hydrogen (secondary N) is 2. The Morgan fingerprint density at radius 2 is 1.73 bits per heavy atom. The van der Waals surface area contributed by atoms with E-state index in [2.05, 4.69) is 61.7 Å². The third-order valence-corrected chi connectivity index (χ3v) is 6.55. The minimum absolute atomic E-state index is 0.127. The second-order valence-electron chi connectivity index (χ2n) is 9.53. The van der Waals surface area contributed by atoms with Crippen LogP contribution in [0.3, 0.4) is 0 Å². The first-order chi connectivity index (χ1) is 14.5. The SMILES string of the molecule is CC(C)c1cc(F)cc(CNC2CC2CC(C)c2cccc(CNC3COC3)c2)c1. The van der Waals surface area contributed by atoms with Crippen molar-refractivity contribution in [2.75, 3.05) is 13.2 Å². The minimum atomic E-state index is -0.127. The quantitative estimate of drug-likeness (QED) is 0.571. The highest BCUT2D eigenvalue weighted by Gasteiger charge is 2.37. The number of hydrogen-bond donors (Lipinski definition) is 2. The van der Waals surface area contributed by atoms with Crippen molar-refractivity contribution in [2.45, 2.75) is 70.6 Å². The van der Waals surface area contributed by atoms with Gasteiger partial charge in [-0.3, -0.25) is 0 Å². The Morgan fingerprint density at radius 1 is 0.967 bits per heavy atom. The molecule has 162 valence electrons. The zero-order chi connectivity index (χ0) is 21.1. The molecule has 3 atom stereocenters. The van der Waals surface area contributed by atoms with E-state index in [0.29, 0.717) is 29.8 Å². The van der Waals surface area contributed by atoms with Gasteiger partial charge >= 0.3 is 0 Å². The van der Waals surface area contributed by atoms with Crippen molar-refractivity contribution in [2.24, 2.45) is 5.92 Å². The van der Waals surface area contributed by atoms with Crippen LogP contribution >= 0.6 is 0 Å². The van der Waals surface area contributed by atoms with Gasteiger partial charge in [0.15, 0.2) is 0 Å². The number of rotatable bonds is 10. The third kappa shape index (κ3) is 5.69. The fourth-order valence-electron chi connectivity index (χ4n) is 4.33. The molecule has 2 N–H and O–H groups in total. The summed E-state index contributed by atoms with van der Waals surface area (Å²) in [5.41, 5.74) is 4.90. The number of hydrogen-bond acceptors (Lipinski definition) is 3. The Kier molecular flexibility index (Phi) is 6.87. The molecular weight excluding hydrogens is 375 g/mol. The predicted octanol–water partition coefficient (Wildman–Crippen LogP) is 5.11. The van der Waals surface area contributed by atoms with Crippen molar-refractivity contribution in [1.29, 1.82) is 0 Å². The van der Waals surface area contributed by atoms with E-state index >= 15 is 0 Å². The Balaban J connectivity index is 1.24. The second kappa shape index (κ2) is 9.59. The average Bonchev–Trinajstić information content (AvgIpc) is 3.42. The molecule has 4 rings (SSSR count). The summed E-state index contributed by atoms with van der Waals surface area (Å²) in [5, 5.41) is 7.19. The van der Waals surface area contributed by atoms with Gasteiger partial charge in [-0.2, -0.15) is 0 Å². The first kappa shape index (κ1) is 21.5. The highest BCUT2D eigenvalue weighted by Crippen LogP contribution is 2.39. The smallest absolute Gasteiger partial charge is 0.123 e. The molecule has 2 fully saturated rings. The maximum absolute atomic E-state index is 13.9. The molecule has 0 aromatic heterocycles. The summed E-state index contributed by atoms with van der Waals surface area (Å²) >= 11 is 0. The van der Waals surface area contributed by atoms with Crippen molar-refractivity contribution in [3.63, 3.8) is 0 Å². The van der Waals surface area contributed by atoms with E-state index in [1.54, 1.807) is 12.1 Å². The van der Waals surface area contributed by atoms with Crippen LogP contribution in [-0.2, 0) is 17.8 Å². The predicted molar refractivity (Wildman–Crippen MR) is 120 cm³/mol. The lowest BCUT2D eigenvalue weighted by Crippen LogP contribution is -2.45. The molecule has 1 aliphatic carbocycles. The molecule has 3 nitrogen and oxygen atoms in total. The minimum Gasteiger partial charge on any atom is -0.378 e. The van der Waals surface area contributed by atoms with Crippen molar-refractivity contribution in [3.8, 4) is 0 Å². The lowest BCUT2D eigenvalue weighted by Gasteiger charge is -2.27. The van der Waals surface area contributed by atoms with Gasteiger partial charge in [-0.25, -0.2) is 4.39 Å². The fraction of sp³-hybridized carbons (Fsp3) is 0.538. The van der Waals surface area contributed by atoms with Crippen LogP contribution in [-0.4, -0.2) is 25.3 Å². The van der Waals surface area contributed by atoms with E-state index in [1.807, 2.05) is 0 Å². The summed E-state index contributed by atoms with van der Waals surface area (Å²) in [5.74, 6) is 1.49. The first-order valence-corrected chi connectivity index (χ1v) is 11.4. The molecular formula is C26H35FN2O. The molecule has 0 spiro atoms. The normalized spacial score (nSPS) is 22.2. The van der Waals surface area contributed by atoms with Crippen LogP contribution in [0.5, 0.6) is 0 Å². The third-order valence-electron chi connectivity index (χ3n) is 6.55. The molecule has 1 heterocycles. The molecule has 1 aliphatic heterocycles. The summed E-state index contributed by atoms with van der Waals surface area (Å²) in [6.45, 7) is 9.88. The van der Waals surface area contributed by atoms with Crippen molar-refractivity contribution in [1.82, 2.24) is 10.6 Å². The van der Waals surface area contributed by atoms with Gasteiger partial charge in [-0.05, 0) is 65.0 Å². The maximum atomic E-state index is 13.9. The number of ether oxygens (including phenoxy) is 1. The summed E-state index contributed by atoms with van der Waals surface area (Å²) in [6.07, 6.45) is 2.42. The molecule has 3 unspecified atom stereocenters. The Morgan fingerprint density at radius 3 is 2.47 bits per heavy atom. The van der Waals surface area contributed by atoms with E-state index in [4.69, 9.17) is 4.74 Å². The Hall–Kier alpha value is -1.75. The topological polar surface area (TPSA) is 33.3 Å². The van der Waals surface area contributed by atoms with E-state index in [-0.39, 0.29) is 5.82 Å². The molecule has 1 saturated heterocycles. The van der Waals surface area contributed by atoms with E-state index in [9.17, 15) is 4.39 Å². The van der Waals surface area contributed by atoms with Gasteiger partial charge in [0.1, 0.15) is 5.82 Å². The van der Waals surface area contributed by atoms with E-state index < -0.39 is 0 Å². The van der Waals surface area contributed by atoms with Crippen LogP contribution in [0.1, 0.15) is 67.7 Å². The first-order valence-electron chi connectivity index (χ1n) is 11.4. The molecule has 2 aromatic carbocycles. The zero-order valence-electron chi connectivity index (χ0n) is 18.5. The molecule has 4 heteroatoms. The van der Waals surface area contributed by atoms with Gasteiger partial charge < -0.3 is 15.4 Å². The van der Waals surface area contributed by atoms with Crippen molar-refractivity contribution >= 4 is 0 Å². The highest BCUT2D eigenvalue weighted by molar-refractivity contribution is 5.28. The molecule has 30 heavy (non-hydrogen) atoms. The molecule has 1 saturated carbocycles. The highest BCUT2D eigenvalue weighted by atomic mass is 19.1. The maximum Gasteiger partial charge on any atom is 0.123 e. The Labute approximate surface area is 180 Å². The van der Waals surface area contributed by atoms with Gasteiger partial charge in [0.05, 0.1) is 19.3 Å². The van der Waals surface area contributed by atoms with Crippen LogP contribution in [0, 0.1) is 11.7 Å². The average molecular weight is 411 g/mol. The molecule has 0 radical (unpaired) electrons. The second-order valence-corrected chi connectivity index (χ2v) is 9.53. The number of benzene rings is 2. The van der Waals surface area contributed by atoms with E-state index in [0.717, 1.165) is 37.4 Å². The van der Waals surface area contributed by atoms with Gasteiger partial charge in [-0.1, -0.05) is 51.1 Å². The van der Waals surface area contributed by atoms with Crippen molar-refractivity contribution in [3.05, 3.63) is 70.5 Å². The Bertz CT molecular complexity index is 849. The fourth-order valence-corrected chi connectivity index (χ4v) is 4.33. The molecule has 0 amide bonds. The van der Waals surface area contributed by atoms with Gasteiger partial charge in [0.25, 0.3) is 0 Å². The lowest BCUT2D eigenvalue weighted by molar-refractivity contribution is -0.00578. The van der Waals surface area contributed by atoms with Crippen LogP contribution in [0.2, 0.25) is 0 Å². The summed E-state index contributed by atoms with van der Waals surface area (Å²) in [4.78, 5) is 0. The van der Waals surface area contributed by atoms with Gasteiger partial charge in [-0.15, -0.1) is 0 Å². The molecule has 2 aliphatic rings. The number of halogens is 1. The largest absolute Gasteiger partial charge is 0.378 e. The van der Waals surface area contributed by atoms with Crippen molar-refractivity contribution < 1.29 is 9.13 Å². The van der Waals surface area contributed by atoms with Crippen LogP contribution in [0.4, 0.5) is 4.39 Å². The van der Waals surface area contributed by atoms with Crippen LogP contribution in [0.15, 0.2) is 42.5 Å². The van der Waals surface area contributed by atoms with Gasteiger partial charge in [0, 0.05) is 19.1 Å². The lowest BCUT2D eigenvalue weighted by atomic mass is 9.94.